The molecule has 0 unspecified atom stereocenters. The van der Waals surface area contributed by atoms with E-state index in [1.165, 1.54) is 27.8 Å². The minimum atomic E-state index is -0.913. The maximum atomic E-state index is 10.9. The van der Waals surface area contributed by atoms with Gasteiger partial charge in [-0.15, -0.1) is 21.5 Å². The lowest BCUT2D eigenvalue weighted by molar-refractivity contribution is 0.0702. The summed E-state index contributed by atoms with van der Waals surface area (Å²) in [6, 6.07) is 10.9. The Balaban J connectivity index is 1.65. The molecule has 0 atom stereocenters. The number of nitrogens with zero attached hydrogens (tertiary/aromatic N) is 3. The van der Waals surface area contributed by atoms with Crippen molar-refractivity contribution in [3.63, 3.8) is 0 Å². The van der Waals surface area contributed by atoms with Crippen LogP contribution in [0.15, 0.2) is 41.6 Å². The Kier molecular flexibility index (Phi) is 5.08. The van der Waals surface area contributed by atoms with Gasteiger partial charge in [-0.25, -0.2) is 9.47 Å². The predicted octanol–water partition coefficient (Wildman–Crippen LogP) is 3.29. The van der Waals surface area contributed by atoms with E-state index < -0.39 is 5.97 Å². The molecule has 2 heterocycles. The molecule has 9 heteroatoms. The molecular weight excluding hydrogens is 368 g/mol. The summed E-state index contributed by atoms with van der Waals surface area (Å²) >= 11 is 8.54. The van der Waals surface area contributed by atoms with Gasteiger partial charge in [0.25, 0.3) is 0 Å². The van der Waals surface area contributed by atoms with Crippen molar-refractivity contribution < 1.29 is 9.90 Å². The smallest absolute Gasteiger partial charge is 0.345 e. The van der Waals surface area contributed by atoms with Crippen molar-refractivity contribution in [1.29, 1.82) is 0 Å². The normalized spacial score (nSPS) is 10.9. The predicted molar refractivity (Wildman–Crippen MR) is 95.3 cm³/mol. The largest absolute Gasteiger partial charge is 0.477 e. The standard InChI is InChI=1S/C15H13ClN4O2S2/c16-10-3-1-9(2-4-10)7-13-18-19-15(20(13)17)23-8-11-5-6-12(24-11)14(21)22/h1-6H,7-8,17H2,(H,21,22). The lowest BCUT2D eigenvalue weighted by Crippen LogP contribution is -2.14. The van der Waals surface area contributed by atoms with Crippen LogP contribution in [0.25, 0.3) is 0 Å². The summed E-state index contributed by atoms with van der Waals surface area (Å²) in [5.41, 5.74) is 1.04. The Hall–Kier alpha value is -2.03. The van der Waals surface area contributed by atoms with E-state index in [-0.39, 0.29) is 0 Å². The fourth-order valence-electron chi connectivity index (χ4n) is 2.02. The average Bonchev–Trinajstić information content (AvgIpc) is 3.16. The molecule has 3 aromatic rings. The molecule has 24 heavy (non-hydrogen) atoms. The first-order valence-corrected chi connectivity index (χ1v) is 9.09. The van der Waals surface area contributed by atoms with Crippen LogP contribution in [0.2, 0.25) is 5.02 Å². The van der Waals surface area contributed by atoms with Gasteiger partial charge in [-0.05, 0) is 29.8 Å². The van der Waals surface area contributed by atoms with Crippen LogP contribution in [0.4, 0.5) is 0 Å². The third kappa shape index (κ3) is 3.89. The number of carbonyl (C=O) groups is 1. The quantitative estimate of drug-likeness (QED) is 0.503. The number of thioether (sulfide) groups is 1. The molecule has 0 amide bonds. The molecule has 3 N–H and O–H groups in total. The van der Waals surface area contributed by atoms with Crippen molar-refractivity contribution in [3.05, 3.63) is 62.6 Å². The number of halogens is 1. The lowest BCUT2D eigenvalue weighted by atomic mass is 10.1. The number of hydrogen-bond acceptors (Lipinski definition) is 6. The van der Waals surface area contributed by atoms with E-state index in [1.807, 2.05) is 24.3 Å². The molecule has 0 aliphatic carbocycles. The first-order chi connectivity index (χ1) is 11.5. The highest BCUT2D eigenvalue weighted by Crippen LogP contribution is 2.26. The van der Waals surface area contributed by atoms with Crippen molar-refractivity contribution in [1.82, 2.24) is 14.9 Å². The number of carboxylic acid groups (broad SMARTS) is 1. The number of aromatic carboxylic acids is 1. The van der Waals surface area contributed by atoms with Gasteiger partial charge < -0.3 is 10.9 Å². The molecule has 3 rings (SSSR count). The fraction of sp³-hybridized carbons (Fsp3) is 0.133. The van der Waals surface area contributed by atoms with Crippen LogP contribution in [0.1, 0.15) is 25.9 Å². The monoisotopic (exact) mass is 380 g/mol. The van der Waals surface area contributed by atoms with Crippen molar-refractivity contribution in [2.24, 2.45) is 0 Å². The first kappa shape index (κ1) is 16.8. The van der Waals surface area contributed by atoms with Gasteiger partial charge in [0.2, 0.25) is 5.16 Å². The Labute approximate surface area is 151 Å². The van der Waals surface area contributed by atoms with Crippen LogP contribution in [0, 0.1) is 0 Å². The third-order valence-corrected chi connectivity index (χ3v) is 5.73. The van der Waals surface area contributed by atoms with E-state index in [0.29, 0.717) is 33.1 Å². The van der Waals surface area contributed by atoms with Gasteiger partial charge in [0, 0.05) is 22.1 Å². The van der Waals surface area contributed by atoms with Gasteiger partial charge in [-0.3, -0.25) is 0 Å². The first-order valence-electron chi connectivity index (χ1n) is 6.91. The summed E-state index contributed by atoms with van der Waals surface area (Å²) in [7, 11) is 0. The summed E-state index contributed by atoms with van der Waals surface area (Å²) < 4.78 is 1.46. The molecular formula is C15H13ClN4O2S2. The molecule has 0 aliphatic rings. The number of rotatable bonds is 6. The topological polar surface area (TPSA) is 94.0 Å². The number of nitrogen functional groups attached to an aromatic ring is 1. The second kappa shape index (κ2) is 7.25. The number of aromatic nitrogens is 3. The number of thiophene rings is 1. The highest BCUT2D eigenvalue weighted by molar-refractivity contribution is 7.98. The molecule has 0 fully saturated rings. The van der Waals surface area contributed by atoms with Gasteiger partial charge in [-0.1, -0.05) is 35.5 Å². The van der Waals surface area contributed by atoms with Crippen LogP contribution >= 0.6 is 34.7 Å². The second-order valence-electron chi connectivity index (χ2n) is 4.93. The Bertz CT molecular complexity index is 861. The van der Waals surface area contributed by atoms with E-state index in [1.54, 1.807) is 12.1 Å². The summed E-state index contributed by atoms with van der Waals surface area (Å²) in [5.74, 6) is 6.38. The average molecular weight is 381 g/mol. The van der Waals surface area contributed by atoms with Gasteiger partial charge in [0.05, 0.1) is 0 Å². The van der Waals surface area contributed by atoms with Gasteiger partial charge >= 0.3 is 5.97 Å². The van der Waals surface area contributed by atoms with Gasteiger partial charge in [0.1, 0.15) is 4.88 Å². The molecule has 2 aromatic heterocycles. The van der Waals surface area contributed by atoms with Crippen LogP contribution in [-0.4, -0.2) is 25.9 Å². The van der Waals surface area contributed by atoms with Crippen molar-refractivity contribution in [3.8, 4) is 0 Å². The molecule has 1 aromatic carbocycles. The highest BCUT2D eigenvalue weighted by Gasteiger charge is 2.13. The maximum absolute atomic E-state index is 10.9. The van der Waals surface area contributed by atoms with Crippen molar-refractivity contribution in [2.45, 2.75) is 17.3 Å². The maximum Gasteiger partial charge on any atom is 0.345 e. The van der Waals surface area contributed by atoms with E-state index in [9.17, 15) is 4.79 Å². The zero-order valence-electron chi connectivity index (χ0n) is 12.3. The van der Waals surface area contributed by atoms with Crippen molar-refractivity contribution >= 4 is 40.7 Å². The molecule has 124 valence electrons. The molecule has 0 bridgehead atoms. The molecule has 0 spiro atoms. The molecule has 0 radical (unpaired) electrons. The van der Waals surface area contributed by atoms with Crippen LogP contribution in [0.3, 0.4) is 0 Å². The van der Waals surface area contributed by atoms with E-state index in [2.05, 4.69) is 10.2 Å². The summed E-state index contributed by atoms with van der Waals surface area (Å²) in [6.45, 7) is 0. The van der Waals surface area contributed by atoms with Gasteiger partial charge in [0.15, 0.2) is 5.82 Å². The molecule has 6 nitrogen and oxygen atoms in total. The third-order valence-electron chi connectivity index (χ3n) is 3.23. The van der Waals surface area contributed by atoms with E-state index in [0.717, 1.165) is 10.4 Å². The summed E-state index contributed by atoms with van der Waals surface area (Å²) in [4.78, 5) is 12.2. The zero-order chi connectivity index (χ0) is 17.1. The van der Waals surface area contributed by atoms with Crippen LogP contribution < -0.4 is 5.84 Å². The number of benzene rings is 1. The molecule has 0 saturated heterocycles. The number of hydrogen-bond donors (Lipinski definition) is 2. The van der Waals surface area contributed by atoms with Crippen LogP contribution in [0.5, 0.6) is 0 Å². The zero-order valence-corrected chi connectivity index (χ0v) is 14.7. The van der Waals surface area contributed by atoms with E-state index >= 15 is 0 Å². The van der Waals surface area contributed by atoms with E-state index in [4.69, 9.17) is 22.6 Å². The number of carboxylic acids is 1. The second-order valence-corrected chi connectivity index (χ2v) is 7.48. The number of nitrogens with two attached hydrogens (primary N) is 1. The SMILES string of the molecule is Nn1c(Cc2ccc(Cl)cc2)nnc1SCc1ccc(C(=O)O)s1. The highest BCUT2D eigenvalue weighted by atomic mass is 35.5. The summed E-state index contributed by atoms with van der Waals surface area (Å²) in [5, 5.41) is 18.4. The Morgan fingerprint density at radius 3 is 2.67 bits per heavy atom. The molecule has 0 aliphatic heterocycles. The Morgan fingerprint density at radius 2 is 2.00 bits per heavy atom. The fourth-order valence-corrected chi connectivity index (χ4v) is 3.91. The van der Waals surface area contributed by atoms with Crippen molar-refractivity contribution in [2.75, 3.05) is 5.84 Å². The minimum absolute atomic E-state index is 0.322. The van der Waals surface area contributed by atoms with Crippen LogP contribution in [-0.2, 0) is 12.2 Å². The minimum Gasteiger partial charge on any atom is -0.477 e. The summed E-state index contributed by atoms with van der Waals surface area (Å²) in [6.07, 6.45) is 0.559. The Morgan fingerprint density at radius 1 is 1.25 bits per heavy atom. The van der Waals surface area contributed by atoms with Gasteiger partial charge in [-0.2, -0.15) is 0 Å². The molecule has 0 saturated carbocycles. The lowest BCUT2D eigenvalue weighted by Gasteiger charge is -2.03.